The molecule has 0 radical (unpaired) electrons. The van der Waals surface area contributed by atoms with Crippen LogP contribution in [0.3, 0.4) is 0 Å². The number of nitro groups is 1. The maximum Gasteiger partial charge on any atom is 0.294 e. The zero-order valence-electron chi connectivity index (χ0n) is 9.85. The van der Waals surface area contributed by atoms with Gasteiger partial charge < -0.3 is 5.11 Å². The first-order valence-electron chi connectivity index (χ1n) is 5.24. The second-order valence-electron chi connectivity index (χ2n) is 3.47. The Balaban J connectivity index is 2.28. The SMILES string of the molecule is N#CC(=NNc1ccccc1[N+](=O)[O-])c1nc(O)cs1. The Morgan fingerprint density at radius 1 is 1.55 bits per heavy atom. The predicted octanol–water partition coefficient (Wildman–Crippen LogP) is 2.10. The molecule has 0 spiro atoms. The first-order chi connectivity index (χ1) is 9.61. The number of anilines is 1. The molecule has 0 aliphatic carbocycles. The number of benzene rings is 1. The number of hydrogen-bond acceptors (Lipinski definition) is 8. The van der Waals surface area contributed by atoms with Crippen LogP contribution in [0.15, 0.2) is 34.7 Å². The number of thiazole rings is 1. The summed E-state index contributed by atoms with van der Waals surface area (Å²) in [6.45, 7) is 0. The summed E-state index contributed by atoms with van der Waals surface area (Å²) in [7, 11) is 0. The van der Waals surface area contributed by atoms with Gasteiger partial charge in [-0.25, -0.2) is 0 Å². The third-order valence-corrected chi connectivity index (χ3v) is 3.03. The van der Waals surface area contributed by atoms with Crippen molar-refractivity contribution in [2.24, 2.45) is 5.10 Å². The van der Waals surface area contributed by atoms with Gasteiger partial charge in [0.15, 0.2) is 10.7 Å². The van der Waals surface area contributed by atoms with Crippen molar-refractivity contribution in [3.63, 3.8) is 0 Å². The van der Waals surface area contributed by atoms with Gasteiger partial charge in [-0.15, -0.1) is 11.3 Å². The lowest BCUT2D eigenvalue weighted by molar-refractivity contribution is -0.384. The van der Waals surface area contributed by atoms with Crippen LogP contribution in [-0.2, 0) is 0 Å². The van der Waals surface area contributed by atoms with Gasteiger partial charge in [-0.2, -0.15) is 15.3 Å². The van der Waals surface area contributed by atoms with E-state index in [2.05, 4.69) is 15.5 Å². The fourth-order valence-electron chi connectivity index (χ4n) is 1.34. The van der Waals surface area contributed by atoms with Crippen LogP contribution < -0.4 is 5.43 Å². The maximum atomic E-state index is 10.8. The molecule has 0 saturated carbocycles. The minimum absolute atomic E-state index is 0.0755. The summed E-state index contributed by atoms with van der Waals surface area (Å²) >= 11 is 1.04. The molecule has 8 nitrogen and oxygen atoms in total. The average molecular weight is 289 g/mol. The molecule has 0 saturated heterocycles. The highest BCUT2D eigenvalue weighted by atomic mass is 32.1. The van der Waals surface area contributed by atoms with Crippen LogP contribution in [0.1, 0.15) is 5.01 Å². The molecule has 9 heteroatoms. The molecule has 20 heavy (non-hydrogen) atoms. The van der Waals surface area contributed by atoms with Crippen molar-refractivity contribution in [3.8, 4) is 11.9 Å². The van der Waals surface area contributed by atoms with Crippen molar-refractivity contribution in [1.29, 1.82) is 5.26 Å². The van der Waals surface area contributed by atoms with Crippen LogP contribution in [0.25, 0.3) is 0 Å². The minimum Gasteiger partial charge on any atom is -0.493 e. The van der Waals surface area contributed by atoms with E-state index >= 15 is 0 Å². The average Bonchev–Trinajstić information content (AvgIpc) is 2.86. The highest BCUT2D eigenvalue weighted by Crippen LogP contribution is 2.23. The van der Waals surface area contributed by atoms with Gasteiger partial charge in [0, 0.05) is 6.07 Å². The standard InChI is InChI=1S/C11H7N5O3S/c12-5-8(11-13-10(17)6-20-11)15-14-7-3-1-2-4-9(7)16(18)19/h1-4,6,14,17H. The molecule has 0 aliphatic heterocycles. The quantitative estimate of drug-likeness (QED) is 0.504. The molecule has 0 atom stereocenters. The van der Waals surface area contributed by atoms with E-state index in [0.29, 0.717) is 0 Å². The van der Waals surface area contributed by atoms with Crippen molar-refractivity contribution in [2.45, 2.75) is 0 Å². The molecule has 0 bridgehead atoms. The Morgan fingerprint density at radius 2 is 2.30 bits per heavy atom. The summed E-state index contributed by atoms with van der Waals surface area (Å²) in [5, 5.41) is 34.3. The van der Waals surface area contributed by atoms with Gasteiger partial charge in [0.1, 0.15) is 11.8 Å². The molecule has 1 aromatic heterocycles. The number of aromatic hydroxyl groups is 1. The Kier molecular flexibility index (Phi) is 3.88. The summed E-state index contributed by atoms with van der Waals surface area (Å²) in [6.07, 6.45) is 0. The third-order valence-electron chi connectivity index (χ3n) is 2.19. The van der Waals surface area contributed by atoms with Gasteiger partial charge in [0.25, 0.3) is 5.69 Å². The Labute approximate surface area is 116 Å². The van der Waals surface area contributed by atoms with Gasteiger partial charge in [-0.1, -0.05) is 12.1 Å². The number of nitrogens with one attached hydrogen (secondary N) is 1. The summed E-state index contributed by atoms with van der Waals surface area (Å²) in [6, 6.07) is 7.72. The van der Waals surface area contributed by atoms with Crippen LogP contribution >= 0.6 is 11.3 Å². The monoisotopic (exact) mass is 289 g/mol. The minimum atomic E-state index is -0.556. The van der Waals surface area contributed by atoms with Crippen molar-refractivity contribution in [3.05, 3.63) is 44.8 Å². The Bertz CT molecular complexity index is 719. The molecule has 0 unspecified atom stereocenters. The lowest BCUT2D eigenvalue weighted by atomic mass is 10.3. The molecule has 2 aromatic rings. The van der Waals surface area contributed by atoms with Crippen molar-refractivity contribution >= 4 is 28.4 Å². The van der Waals surface area contributed by atoms with E-state index in [4.69, 9.17) is 10.4 Å². The molecular weight excluding hydrogens is 282 g/mol. The maximum absolute atomic E-state index is 10.8. The van der Waals surface area contributed by atoms with E-state index < -0.39 is 4.92 Å². The van der Waals surface area contributed by atoms with E-state index in [0.717, 1.165) is 11.3 Å². The zero-order chi connectivity index (χ0) is 14.5. The second-order valence-corrected chi connectivity index (χ2v) is 4.33. The number of nitriles is 1. The largest absolute Gasteiger partial charge is 0.493 e. The fourth-order valence-corrected chi connectivity index (χ4v) is 1.96. The van der Waals surface area contributed by atoms with Crippen LogP contribution in [0.4, 0.5) is 11.4 Å². The lowest BCUT2D eigenvalue weighted by Gasteiger charge is -2.01. The molecule has 0 aliphatic rings. The zero-order valence-corrected chi connectivity index (χ0v) is 10.7. The predicted molar refractivity (Wildman–Crippen MR) is 72.6 cm³/mol. The second kappa shape index (κ2) is 5.77. The summed E-state index contributed by atoms with van der Waals surface area (Å²) in [5.74, 6) is -0.210. The summed E-state index contributed by atoms with van der Waals surface area (Å²) in [4.78, 5) is 14.0. The molecule has 100 valence electrons. The number of hydrazone groups is 1. The van der Waals surface area contributed by atoms with Crippen molar-refractivity contribution in [2.75, 3.05) is 5.43 Å². The number of para-hydroxylation sites is 2. The van der Waals surface area contributed by atoms with Crippen molar-refractivity contribution < 1.29 is 10.0 Å². The molecule has 0 amide bonds. The van der Waals surface area contributed by atoms with Gasteiger partial charge in [-0.3, -0.25) is 15.5 Å². The van der Waals surface area contributed by atoms with Gasteiger partial charge in [-0.05, 0) is 6.07 Å². The van der Waals surface area contributed by atoms with E-state index in [9.17, 15) is 10.1 Å². The van der Waals surface area contributed by atoms with E-state index in [1.807, 2.05) is 0 Å². The molecule has 2 N–H and O–H groups in total. The summed E-state index contributed by atoms with van der Waals surface area (Å²) in [5.41, 5.74) is 2.39. The van der Waals surface area contributed by atoms with Gasteiger partial charge in [0.05, 0.1) is 10.3 Å². The Morgan fingerprint density at radius 3 is 2.90 bits per heavy atom. The number of aromatic nitrogens is 1. The topological polar surface area (TPSA) is 124 Å². The van der Waals surface area contributed by atoms with Crippen LogP contribution in [0, 0.1) is 21.4 Å². The smallest absolute Gasteiger partial charge is 0.294 e. The molecule has 1 aromatic carbocycles. The molecule has 2 rings (SSSR count). The highest BCUT2D eigenvalue weighted by molar-refractivity contribution is 7.12. The number of rotatable bonds is 4. The van der Waals surface area contributed by atoms with Crippen molar-refractivity contribution in [1.82, 2.24) is 4.98 Å². The summed E-state index contributed by atoms with van der Waals surface area (Å²) < 4.78 is 0. The number of nitro benzene ring substituents is 1. The lowest BCUT2D eigenvalue weighted by Crippen LogP contribution is -2.02. The molecule has 1 heterocycles. The molecule has 0 fully saturated rings. The third kappa shape index (κ3) is 2.88. The first-order valence-corrected chi connectivity index (χ1v) is 6.12. The van der Waals surface area contributed by atoms with Crippen LogP contribution in [-0.4, -0.2) is 20.7 Å². The Hall–Kier alpha value is -2.99. The normalized spacial score (nSPS) is 10.8. The van der Waals surface area contributed by atoms with E-state index in [1.54, 1.807) is 12.1 Å². The van der Waals surface area contributed by atoms with E-state index in [1.165, 1.54) is 23.6 Å². The van der Waals surface area contributed by atoms with Gasteiger partial charge in [0.2, 0.25) is 5.88 Å². The molecular formula is C11H7N5O3S. The highest BCUT2D eigenvalue weighted by Gasteiger charge is 2.13. The first kappa shape index (κ1) is 13.4. The van der Waals surface area contributed by atoms with Crippen LogP contribution in [0.2, 0.25) is 0 Å². The number of hydrogen-bond donors (Lipinski definition) is 2. The van der Waals surface area contributed by atoms with Crippen LogP contribution in [0.5, 0.6) is 5.88 Å². The van der Waals surface area contributed by atoms with Gasteiger partial charge >= 0.3 is 0 Å². The van der Waals surface area contributed by atoms with E-state index in [-0.39, 0.29) is 28.0 Å². The fraction of sp³-hybridized carbons (Fsp3) is 0. The number of nitrogens with zero attached hydrogens (tertiary/aromatic N) is 4.